The fourth-order valence-electron chi connectivity index (χ4n) is 2.25. The van der Waals surface area contributed by atoms with Crippen molar-refractivity contribution < 1.29 is 0 Å². The molecule has 0 atom stereocenters. The number of benzene rings is 1. The van der Waals surface area contributed by atoms with Gasteiger partial charge in [-0.05, 0) is 18.2 Å². The summed E-state index contributed by atoms with van der Waals surface area (Å²) in [7, 11) is 1.93. The minimum absolute atomic E-state index is 0.531. The molecule has 0 bridgehead atoms. The summed E-state index contributed by atoms with van der Waals surface area (Å²) in [5.41, 5.74) is 0.913. The standard InChI is InChI=1S/C13H9ClN6S/c1-19(13-15-4-5-21-13)11-9-3-2-8(14)6-10(9)20-7-16-18-12(20)17-11/h2-7H,1H3. The van der Waals surface area contributed by atoms with E-state index in [2.05, 4.69) is 20.2 Å². The lowest BCUT2D eigenvalue weighted by Gasteiger charge is -2.17. The van der Waals surface area contributed by atoms with Crippen LogP contribution in [-0.2, 0) is 0 Å². The predicted octanol–water partition coefficient (Wildman–Crippen LogP) is 3.16. The Morgan fingerprint density at radius 3 is 3.05 bits per heavy atom. The average Bonchev–Trinajstić information content (AvgIpc) is 3.16. The number of anilines is 2. The van der Waals surface area contributed by atoms with Crippen LogP contribution in [0.3, 0.4) is 0 Å². The van der Waals surface area contributed by atoms with Crippen molar-refractivity contribution >= 4 is 50.6 Å². The van der Waals surface area contributed by atoms with Crippen molar-refractivity contribution in [1.29, 1.82) is 0 Å². The van der Waals surface area contributed by atoms with Crippen molar-refractivity contribution in [3.63, 3.8) is 0 Å². The number of aromatic nitrogens is 5. The van der Waals surface area contributed by atoms with Crippen molar-refractivity contribution in [3.8, 4) is 0 Å². The topological polar surface area (TPSA) is 59.2 Å². The summed E-state index contributed by atoms with van der Waals surface area (Å²) in [4.78, 5) is 10.8. The number of thiazole rings is 1. The Morgan fingerprint density at radius 2 is 2.24 bits per heavy atom. The first-order chi connectivity index (χ1) is 10.2. The highest BCUT2D eigenvalue weighted by atomic mass is 35.5. The van der Waals surface area contributed by atoms with Crippen molar-refractivity contribution in [3.05, 3.63) is 41.1 Å². The summed E-state index contributed by atoms with van der Waals surface area (Å²) in [5, 5.41) is 12.4. The molecule has 0 aliphatic carbocycles. The Kier molecular flexibility index (Phi) is 2.76. The van der Waals surface area contributed by atoms with Crippen LogP contribution in [0.25, 0.3) is 16.7 Å². The van der Waals surface area contributed by atoms with Crippen LogP contribution in [0, 0.1) is 0 Å². The number of hydrogen-bond donors (Lipinski definition) is 0. The van der Waals surface area contributed by atoms with E-state index in [0.29, 0.717) is 10.8 Å². The van der Waals surface area contributed by atoms with Crippen LogP contribution >= 0.6 is 22.9 Å². The lowest BCUT2D eigenvalue weighted by Crippen LogP contribution is -2.12. The van der Waals surface area contributed by atoms with Crippen LogP contribution in [-0.4, -0.2) is 31.6 Å². The Morgan fingerprint density at radius 1 is 1.33 bits per heavy atom. The summed E-state index contributed by atoms with van der Waals surface area (Å²) in [6.07, 6.45) is 3.40. The Hall–Kier alpha value is -2.25. The zero-order chi connectivity index (χ0) is 14.4. The molecule has 0 amide bonds. The number of rotatable bonds is 2. The molecule has 0 unspecified atom stereocenters. The van der Waals surface area contributed by atoms with E-state index in [1.54, 1.807) is 23.9 Å². The monoisotopic (exact) mass is 316 g/mol. The average molecular weight is 317 g/mol. The highest BCUT2D eigenvalue weighted by Gasteiger charge is 2.15. The van der Waals surface area contributed by atoms with Crippen LogP contribution in [0.1, 0.15) is 0 Å². The molecule has 8 heteroatoms. The second-order valence-corrected chi connectivity index (χ2v) is 5.78. The molecule has 21 heavy (non-hydrogen) atoms. The maximum absolute atomic E-state index is 6.12. The summed E-state index contributed by atoms with van der Waals surface area (Å²) in [6.45, 7) is 0. The van der Waals surface area contributed by atoms with Gasteiger partial charge >= 0.3 is 0 Å². The summed E-state index contributed by atoms with van der Waals surface area (Å²) < 4.78 is 1.82. The number of nitrogens with zero attached hydrogens (tertiary/aromatic N) is 6. The van der Waals surface area contributed by atoms with E-state index < -0.39 is 0 Å². The van der Waals surface area contributed by atoms with Crippen molar-refractivity contribution in [2.75, 3.05) is 11.9 Å². The van der Waals surface area contributed by atoms with Crippen molar-refractivity contribution in [2.45, 2.75) is 0 Å². The summed E-state index contributed by atoms with van der Waals surface area (Å²) in [5.74, 6) is 1.31. The van der Waals surface area contributed by atoms with Crippen LogP contribution in [0.2, 0.25) is 5.02 Å². The Balaban J connectivity index is 2.06. The van der Waals surface area contributed by atoms with Crippen LogP contribution < -0.4 is 4.90 Å². The highest BCUT2D eigenvalue weighted by Crippen LogP contribution is 2.32. The number of halogens is 1. The largest absolute Gasteiger partial charge is 0.305 e. The molecule has 0 N–H and O–H groups in total. The minimum Gasteiger partial charge on any atom is -0.305 e. The molecule has 0 saturated heterocycles. The molecule has 0 aliphatic heterocycles. The first kappa shape index (κ1) is 12.5. The van der Waals surface area contributed by atoms with Crippen molar-refractivity contribution in [1.82, 2.24) is 24.6 Å². The summed E-state index contributed by atoms with van der Waals surface area (Å²) >= 11 is 7.67. The molecule has 6 nitrogen and oxygen atoms in total. The summed E-state index contributed by atoms with van der Waals surface area (Å²) in [6, 6.07) is 5.68. The Labute approximate surface area is 128 Å². The third kappa shape index (κ3) is 1.93. The zero-order valence-electron chi connectivity index (χ0n) is 10.9. The third-order valence-corrected chi connectivity index (χ3v) is 4.30. The molecule has 0 fully saturated rings. The first-order valence-corrected chi connectivity index (χ1v) is 7.42. The zero-order valence-corrected chi connectivity index (χ0v) is 12.5. The van der Waals surface area contributed by atoms with Gasteiger partial charge < -0.3 is 4.90 Å². The van der Waals surface area contributed by atoms with E-state index in [9.17, 15) is 0 Å². The predicted molar refractivity (Wildman–Crippen MR) is 83.5 cm³/mol. The number of hydrogen-bond acceptors (Lipinski definition) is 6. The van der Waals surface area contributed by atoms with Crippen molar-refractivity contribution in [2.24, 2.45) is 0 Å². The van der Waals surface area contributed by atoms with Gasteiger partial charge in [0.15, 0.2) is 5.13 Å². The van der Waals surface area contributed by atoms with E-state index in [-0.39, 0.29) is 0 Å². The molecule has 3 heterocycles. The van der Waals surface area contributed by atoms with Gasteiger partial charge in [-0.25, -0.2) is 4.98 Å². The quantitative estimate of drug-likeness (QED) is 0.568. The molecular formula is C13H9ClN6S. The van der Waals surface area contributed by atoms with Gasteiger partial charge in [0.1, 0.15) is 12.1 Å². The molecule has 4 rings (SSSR count). The van der Waals surface area contributed by atoms with Gasteiger partial charge in [0.2, 0.25) is 0 Å². The van der Waals surface area contributed by atoms with Crippen LogP contribution in [0.4, 0.5) is 10.9 Å². The fourth-order valence-corrected chi connectivity index (χ4v) is 3.03. The maximum atomic E-state index is 6.12. The SMILES string of the molecule is CN(c1nccs1)c1nc2nncn2c2cc(Cl)ccc12. The lowest BCUT2D eigenvalue weighted by atomic mass is 10.2. The van der Waals surface area contributed by atoms with Gasteiger partial charge in [-0.3, -0.25) is 4.40 Å². The smallest absolute Gasteiger partial charge is 0.257 e. The molecule has 3 aromatic heterocycles. The van der Waals surface area contributed by atoms with Gasteiger partial charge in [-0.1, -0.05) is 11.6 Å². The second kappa shape index (κ2) is 4.64. The van der Waals surface area contributed by atoms with E-state index >= 15 is 0 Å². The maximum Gasteiger partial charge on any atom is 0.257 e. The molecule has 0 radical (unpaired) electrons. The van der Waals surface area contributed by atoms with Gasteiger partial charge in [0.25, 0.3) is 5.78 Å². The van der Waals surface area contributed by atoms with E-state index in [0.717, 1.165) is 21.9 Å². The third-order valence-electron chi connectivity index (χ3n) is 3.22. The molecule has 0 spiro atoms. The van der Waals surface area contributed by atoms with E-state index in [4.69, 9.17) is 11.6 Å². The van der Waals surface area contributed by atoms with E-state index in [1.807, 2.05) is 39.9 Å². The second-order valence-electron chi connectivity index (χ2n) is 4.47. The minimum atomic E-state index is 0.531. The molecule has 0 saturated carbocycles. The molecular weight excluding hydrogens is 308 g/mol. The number of fused-ring (bicyclic) bond motifs is 3. The van der Waals surface area contributed by atoms with Gasteiger partial charge in [0, 0.05) is 29.0 Å². The Bertz CT molecular complexity index is 933. The molecule has 1 aromatic carbocycles. The van der Waals surface area contributed by atoms with Gasteiger partial charge in [-0.15, -0.1) is 21.5 Å². The van der Waals surface area contributed by atoms with E-state index in [1.165, 1.54) is 0 Å². The molecule has 104 valence electrons. The lowest BCUT2D eigenvalue weighted by molar-refractivity contribution is 1.07. The molecule has 4 aromatic rings. The van der Waals surface area contributed by atoms with Gasteiger partial charge in [-0.2, -0.15) is 4.98 Å². The normalized spacial score (nSPS) is 11.3. The highest BCUT2D eigenvalue weighted by molar-refractivity contribution is 7.13. The first-order valence-electron chi connectivity index (χ1n) is 6.16. The van der Waals surface area contributed by atoms with Crippen LogP contribution in [0.15, 0.2) is 36.1 Å². The fraction of sp³-hybridized carbons (Fsp3) is 0.0769. The molecule has 0 aliphatic rings. The van der Waals surface area contributed by atoms with Gasteiger partial charge in [0.05, 0.1) is 5.52 Å². The van der Waals surface area contributed by atoms with Crippen LogP contribution in [0.5, 0.6) is 0 Å².